The van der Waals surface area contributed by atoms with E-state index in [2.05, 4.69) is 12.2 Å². The second-order valence-corrected chi connectivity index (χ2v) is 5.65. The summed E-state index contributed by atoms with van der Waals surface area (Å²) in [6, 6.07) is 0. The molecule has 0 spiro atoms. The average molecular weight is 261 g/mol. The van der Waals surface area contributed by atoms with E-state index in [-0.39, 0.29) is 5.60 Å². The van der Waals surface area contributed by atoms with Gasteiger partial charge in [-0.3, -0.25) is 0 Å². The molecule has 104 valence electrons. The van der Waals surface area contributed by atoms with Gasteiger partial charge in [0.15, 0.2) is 5.82 Å². The molecular weight excluding hydrogens is 238 g/mol. The Balaban J connectivity index is 2.03. The van der Waals surface area contributed by atoms with E-state index in [0.717, 1.165) is 51.0 Å². The summed E-state index contributed by atoms with van der Waals surface area (Å²) >= 11 is 0. The van der Waals surface area contributed by atoms with Crippen LogP contribution in [0.1, 0.15) is 55.4 Å². The molecule has 1 N–H and O–H groups in total. The van der Waals surface area contributed by atoms with Gasteiger partial charge in [0.2, 0.25) is 0 Å². The summed E-state index contributed by atoms with van der Waals surface area (Å²) in [4.78, 5) is 9.71. The van der Waals surface area contributed by atoms with E-state index in [1.54, 1.807) is 7.11 Å². The molecule has 0 bridgehead atoms. The molecule has 1 aliphatic heterocycles. The molecule has 0 amide bonds. The summed E-state index contributed by atoms with van der Waals surface area (Å²) < 4.78 is 5.74. The van der Waals surface area contributed by atoms with E-state index < -0.39 is 0 Å². The van der Waals surface area contributed by atoms with Crippen LogP contribution in [0, 0.1) is 0 Å². The minimum Gasteiger partial charge on any atom is -0.370 e. The van der Waals surface area contributed by atoms with Crippen LogP contribution in [-0.2, 0) is 29.7 Å². The summed E-state index contributed by atoms with van der Waals surface area (Å²) in [5.74, 6) is 0.936. The Morgan fingerprint density at radius 3 is 2.79 bits per heavy atom. The van der Waals surface area contributed by atoms with Crippen LogP contribution in [0.5, 0.6) is 0 Å². The van der Waals surface area contributed by atoms with Crippen molar-refractivity contribution in [2.45, 2.75) is 57.6 Å². The Bertz CT molecular complexity index is 463. The molecule has 0 radical (unpaired) electrons. The van der Waals surface area contributed by atoms with Gasteiger partial charge in [-0.15, -0.1) is 0 Å². The highest BCUT2D eigenvalue weighted by molar-refractivity contribution is 5.30. The highest BCUT2D eigenvalue weighted by Gasteiger charge is 2.42. The number of ether oxygens (including phenoxy) is 1. The number of aryl methyl sites for hydroxylation is 1. The fourth-order valence-electron chi connectivity index (χ4n) is 3.08. The normalized spacial score (nSPS) is 20.7. The summed E-state index contributed by atoms with van der Waals surface area (Å²) in [6.07, 6.45) is 6.53. The molecule has 19 heavy (non-hydrogen) atoms. The van der Waals surface area contributed by atoms with Gasteiger partial charge in [0.25, 0.3) is 0 Å². The molecular formula is C15H23N3O. The third kappa shape index (κ3) is 2.17. The monoisotopic (exact) mass is 261 g/mol. The number of rotatable bonds is 4. The number of fused-ring (bicyclic) bond motifs is 1. The lowest BCUT2D eigenvalue weighted by Gasteiger charge is -2.39. The highest BCUT2D eigenvalue weighted by Crippen LogP contribution is 2.43. The summed E-state index contributed by atoms with van der Waals surface area (Å²) in [5.41, 5.74) is 3.62. The topological polar surface area (TPSA) is 47.0 Å². The molecule has 1 aromatic rings. The Morgan fingerprint density at radius 2 is 2.16 bits per heavy atom. The fraction of sp³-hybridized carbons (Fsp3) is 0.733. The lowest BCUT2D eigenvalue weighted by Crippen LogP contribution is -2.39. The van der Waals surface area contributed by atoms with Crippen LogP contribution in [0.25, 0.3) is 0 Å². The smallest absolute Gasteiger partial charge is 0.160 e. The molecule has 4 nitrogen and oxygen atoms in total. The number of methoxy groups -OCH3 is 1. The summed E-state index contributed by atoms with van der Waals surface area (Å²) in [5, 5.41) is 3.43. The minimum absolute atomic E-state index is 0.192. The first-order valence-corrected chi connectivity index (χ1v) is 7.44. The van der Waals surface area contributed by atoms with Crippen molar-refractivity contribution in [3.8, 4) is 0 Å². The molecule has 1 fully saturated rings. The third-order valence-corrected chi connectivity index (χ3v) is 4.47. The van der Waals surface area contributed by atoms with Gasteiger partial charge in [0.05, 0.1) is 5.69 Å². The van der Waals surface area contributed by atoms with Crippen molar-refractivity contribution in [2.24, 2.45) is 0 Å². The first kappa shape index (κ1) is 13.0. The average Bonchev–Trinajstić information content (AvgIpc) is 2.38. The maximum Gasteiger partial charge on any atom is 0.160 e. The van der Waals surface area contributed by atoms with Crippen LogP contribution in [-0.4, -0.2) is 23.6 Å². The van der Waals surface area contributed by atoms with Crippen molar-refractivity contribution >= 4 is 0 Å². The van der Waals surface area contributed by atoms with E-state index in [4.69, 9.17) is 14.7 Å². The Kier molecular flexibility index (Phi) is 3.54. The van der Waals surface area contributed by atoms with E-state index in [1.165, 1.54) is 23.4 Å². The van der Waals surface area contributed by atoms with Gasteiger partial charge in [-0.25, -0.2) is 9.97 Å². The van der Waals surface area contributed by atoms with E-state index in [1.807, 2.05) is 0 Å². The first-order valence-electron chi connectivity index (χ1n) is 7.44. The second kappa shape index (κ2) is 5.17. The van der Waals surface area contributed by atoms with Gasteiger partial charge in [0, 0.05) is 37.9 Å². The van der Waals surface area contributed by atoms with Crippen LogP contribution in [0.15, 0.2) is 0 Å². The van der Waals surface area contributed by atoms with Gasteiger partial charge >= 0.3 is 0 Å². The van der Waals surface area contributed by atoms with Crippen molar-refractivity contribution in [1.29, 1.82) is 0 Å². The van der Waals surface area contributed by atoms with Crippen molar-refractivity contribution < 1.29 is 4.74 Å². The molecule has 4 heteroatoms. The van der Waals surface area contributed by atoms with Crippen LogP contribution in [0.3, 0.4) is 0 Å². The van der Waals surface area contributed by atoms with Crippen molar-refractivity contribution in [2.75, 3.05) is 13.7 Å². The molecule has 1 aromatic heterocycles. The van der Waals surface area contributed by atoms with Crippen LogP contribution < -0.4 is 5.32 Å². The molecule has 2 aliphatic rings. The van der Waals surface area contributed by atoms with Crippen molar-refractivity contribution in [3.05, 3.63) is 22.8 Å². The van der Waals surface area contributed by atoms with Gasteiger partial charge in [-0.2, -0.15) is 0 Å². The molecule has 0 saturated heterocycles. The Morgan fingerprint density at radius 1 is 1.32 bits per heavy atom. The zero-order valence-corrected chi connectivity index (χ0v) is 12.0. The quantitative estimate of drug-likeness (QED) is 0.901. The zero-order chi connectivity index (χ0) is 13.3. The van der Waals surface area contributed by atoms with E-state index >= 15 is 0 Å². The van der Waals surface area contributed by atoms with Crippen LogP contribution in [0.4, 0.5) is 0 Å². The maximum atomic E-state index is 5.74. The molecule has 1 aliphatic carbocycles. The number of nitrogens with zero attached hydrogens (tertiary/aromatic N) is 2. The zero-order valence-electron chi connectivity index (χ0n) is 12.0. The fourth-order valence-corrected chi connectivity index (χ4v) is 3.08. The SMILES string of the molecule is CCCc1nc(C2(OC)CCC2)nc2c1CNCC2. The first-order chi connectivity index (χ1) is 9.29. The molecule has 0 atom stereocenters. The number of hydrogen-bond donors (Lipinski definition) is 1. The molecule has 2 heterocycles. The summed E-state index contributed by atoms with van der Waals surface area (Å²) in [7, 11) is 1.79. The maximum absolute atomic E-state index is 5.74. The Labute approximate surface area is 115 Å². The second-order valence-electron chi connectivity index (χ2n) is 5.65. The summed E-state index contributed by atoms with van der Waals surface area (Å²) in [6.45, 7) is 4.15. The molecule has 0 unspecified atom stereocenters. The van der Waals surface area contributed by atoms with E-state index in [9.17, 15) is 0 Å². The Hall–Kier alpha value is -1.00. The van der Waals surface area contributed by atoms with Gasteiger partial charge in [0.1, 0.15) is 5.60 Å². The third-order valence-electron chi connectivity index (χ3n) is 4.47. The minimum atomic E-state index is -0.192. The number of nitrogens with one attached hydrogen (secondary N) is 1. The van der Waals surface area contributed by atoms with Gasteiger partial charge < -0.3 is 10.1 Å². The van der Waals surface area contributed by atoms with Crippen LogP contribution >= 0.6 is 0 Å². The van der Waals surface area contributed by atoms with E-state index in [0.29, 0.717) is 0 Å². The molecule has 3 rings (SSSR count). The number of aromatic nitrogens is 2. The van der Waals surface area contributed by atoms with Crippen LogP contribution in [0.2, 0.25) is 0 Å². The lowest BCUT2D eigenvalue weighted by molar-refractivity contribution is -0.0849. The van der Waals surface area contributed by atoms with Crippen molar-refractivity contribution in [1.82, 2.24) is 15.3 Å². The van der Waals surface area contributed by atoms with Gasteiger partial charge in [-0.1, -0.05) is 13.3 Å². The predicted octanol–water partition coefficient (Wildman–Crippen LogP) is 2.10. The van der Waals surface area contributed by atoms with Crippen molar-refractivity contribution in [3.63, 3.8) is 0 Å². The molecule has 1 saturated carbocycles. The molecule has 0 aromatic carbocycles. The lowest BCUT2D eigenvalue weighted by atomic mass is 9.79. The highest BCUT2D eigenvalue weighted by atomic mass is 16.5. The standard InChI is InChI=1S/C15H23N3O/c1-3-5-12-11-10-16-9-6-13(11)18-14(17-12)15(19-2)7-4-8-15/h16H,3-10H2,1-2H3. The van der Waals surface area contributed by atoms with Gasteiger partial charge in [-0.05, 0) is 25.7 Å². The number of hydrogen-bond acceptors (Lipinski definition) is 4. The largest absolute Gasteiger partial charge is 0.370 e. The predicted molar refractivity (Wildman–Crippen MR) is 74.0 cm³/mol.